The van der Waals surface area contributed by atoms with Gasteiger partial charge in [0, 0.05) is 6.04 Å². The zero-order valence-electron chi connectivity index (χ0n) is 7.38. The van der Waals surface area contributed by atoms with Gasteiger partial charge in [-0.15, -0.1) is 0 Å². The zero-order chi connectivity index (χ0) is 8.97. The number of allylic oxidation sites excluding steroid dienone is 1. The molecule has 0 heterocycles. The van der Waals surface area contributed by atoms with E-state index in [9.17, 15) is 4.79 Å². The quantitative estimate of drug-likeness (QED) is 0.506. The molecule has 3 heteroatoms. The summed E-state index contributed by atoms with van der Waals surface area (Å²) in [6.07, 6.45) is 5.75. The van der Waals surface area contributed by atoms with Crippen molar-refractivity contribution in [3.8, 4) is 0 Å². The van der Waals surface area contributed by atoms with Gasteiger partial charge in [-0.25, -0.2) is 0 Å². The maximum atomic E-state index is 10.8. The Kier molecular flexibility index (Phi) is 3.29. The van der Waals surface area contributed by atoms with Crippen LogP contribution in [0.15, 0.2) is 11.6 Å². The van der Waals surface area contributed by atoms with E-state index in [1.54, 1.807) is 0 Å². The molecule has 0 aliphatic heterocycles. The van der Waals surface area contributed by atoms with Crippen LogP contribution in [0, 0.1) is 0 Å². The average molecular weight is 169 g/mol. The average Bonchev–Trinajstić information content (AvgIpc) is 2.56. The van der Waals surface area contributed by atoms with E-state index in [-0.39, 0.29) is 12.0 Å². The third kappa shape index (κ3) is 2.34. The Bertz CT molecular complexity index is 199. The Labute approximate surface area is 72.6 Å². The van der Waals surface area contributed by atoms with Crippen molar-refractivity contribution in [2.24, 2.45) is 5.73 Å². The number of ether oxygens (including phenoxy) is 1. The molecule has 0 amide bonds. The second kappa shape index (κ2) is 4.26. The lowest BCUT2D eigenvalue weighted by atomic mass is 10.0. The number of hydrogen-bond donors (Lipinski definition) is 1. The molecule has 1 unspecified atom stereocenters. The number of rotatable bonds is 3. The van der Waals surface area contributed by atoms with Gasteiger partial charge < -0.3 is 10.5 Å². The highest BCUT2D eigenvalue weighted by molar-refractivity contribution is 5.70. The number of carbonyl (C=O) groups excluding carboxylic acids is 1. The van der Waals surface area contributed by atoms with E-state index in [1.807, 2.05) is 0 Å². The third-order valence-electron chi connectivity index (χ3n) is 2.17. The normalized spacial score (nSPS) is 18.7. The summed E-state index contributed by atoms with van der Waals surface area (Å²) in [6.45, 7) is 0. The Balaban J connectivity index is 2.37. The molecule has 3 nitrogen and oxygen atoms in total. The lowest BCUT2D eigenvalue weighted by Crippen LogP contribution is -2.25. The van der Waals surface area contributed by atoms with Gasteiger partial charge in [-0.2, -0.15) is 0 Å². The Morgan fingerprint density at radius 3 is 3.08 bits per heavy atom. The van der Waals surface area contributed by atoms with Crippen LogP contribution in [0.25, 0.3) is 0 Å². The molecule has 12 heavy (non-hydrogen) atoms. The topological polar surface area (TPSA) is 52.3 Å². The molecule has 0 saturated carbocycles. The van der Waals surface area contributed by atoms with Crippen LogP contribution in [-0.2, 0) is 9.53 Å². The van der Waals surface area contributed by atoms with Crippen LogP contribution in [-0.4, -0.2) is 19.1 Å². The highest BCUT2D eigenvalue weighted by Crippen LogP contribution is 2.21. The van der Waals surface area contributed by atoms with Crippen molar-refractivity contribution in [2.75, 3.05) is 7.11 Å². The highest BCUT2D eigenvalue weighted by atomic mass is 16.5. The van der Waals surface area contributed by atoms with E-state index in [0.717, 1.165) is 12.8 Å². The second-order valence-electron chi connectivity index (χ2n) is 3.06. The number of methoxy groups -OCH3 is 1. The van der Waals surface area contributed by atoms with E-state index >= 15 is 0 Å². The molecular weight excluding hydrogens is 154 g/mol. The Morgan fingerprint density at radius 1 is 1.83 bits per heavy atom. The molecule has 0 saturated heterocycles. The third-order valence-corrected chi connectivity index (χ3v) is 2.17. The van der Waals surface area contributed by atoms with Crippen LogP contribution in [0.3, 0.4) is 0 Å². The predicted octanol–water partition coefficient (Wildman–Crippen LogP) is 0.987. The first-order valence-electron chi connectivity index (χ1n) is 4.25. The van der Waals surface area contributed by atoms with Gasteiger partial charge >= 0.3 is 5.97 Å². The van der Waals surface area contributed by atoms with Crippen molar-refractivity contribution in [1.82, 2.24) is 0 Å². The fraction of sp³-hybridized carbons (Fsp3) is 0.667. The van der Waals surface area contributed by atoms with Crippen molar-refractivity contribution in [3.05, 3.63) is 11.6 Å². The molecule has 0 aromatic heterocycles. The van der Waals surface area contributed by atoms with E-state index in [0.29, 0.717) is 6.42 Å². The molecular formula is C9H15NO2. The SMILES string of the molecule is COC(=O)CC(N)C1=CCCC1. The standard InChI is InChI=1S/C9H15NO2/c1-12-9(11)6-8(10)7-4-2-3-5-7/h4,8H,2-3,5-6,10H2,1H3. The van der Waals surface area contributed by atoms with Gasteiger partial charge in [0.1, 0.15) is 0 Å². The minimum Gasteiger partial charge on any atom is -0.469 e. The summed E-state index contributed by atoms with van der Waals surface area (Å²) in [5.74, 6) is -0.227. The molecule has 0 fully saturated rings. The maximum Gasteiger partial charge on any atom is 0.307 e. The number of hydrogen-bond acceptors (Lipinski definition) is 3. The van der Waals surface area contributed by atoms with Crippen LogP contribution < -0.4 is 5.73 Å². The fourth-order valence-electron chi connectivity index (χ4n) is 1.43. The van der Waals surface area contributed by atoms with Gasteiger partial charge in [0.05, 0.1) is 13.5 Å². The van der Waals surface area contributed by atoms with Gasteiger partial charge in [-0.3, -0.25) is 4.79 Å². The van der Waals surface area contributed by atoms with Gasteiger partial charge in [0.15, 0.2) is 0 Å². The fourth-order valence-corrected chi connectivity index (χ4v) is 1.43. The molecule has 1 atom stereocenters. The van der Waals surface area contributed by atoms with E-state index in [4.69, 9.17) is 5.73 Å². The summed E-state index contributed by atoms with van der Waals surface area (Å²) in [5, 5.41) is 0. The van der Waals surface area contributed by atoms with Crippen molar-refractivity contribution in [1.29, 1.82) is 0 Å². The smallest absolute Gasteiger partial charge is 0.307 e. The Hall–Kier alpha value is -0.830. The molecule has 1 aliphatic rings. The van der Waals surface area contributed by atoms with E-state index in [1.165, 1.54) is 19.1 Å². The zero-order valence-corrected chi connectivity index (χ0v) is 7.38. The molecule has 2 N–H and O–H groups in total. The van der Waals surface area contributed by atoms with Gasteiger partial charge in [0.2, 0.25) is 0 Å². The van der Waals surface area contributed by atoms with Crippen LogP contribution >= 0.6 is 0 Å². The van der Waals surface area contributed by atoms with Crippen LogP contribution in [0.5, 0.6) is 0 Å². The van der Waals surface area contributed by atoms with Gasteiger partial charge in [-0.1, -0.05) is 11.6 Å². The van der Waals surface area contributed by atoms with Crippen molar-refractivity contribution < 1.29 is 9.53 Å². The van der Waals surface area contributed by atoms with Crippen LogP contribution in [0.1, 0.15) is 25.7 Å². The lowest BCUT2D eigenvalue weighted by molar-refractivity contribution is -0.140. The first kappa shape index (κ1) is 9.26. The van der Waals surface area contributed by atoms with Crippen molar-refractivity contribution >= 4 is 5.97 Å². The molecule has 0 spiro atoms. The molecule has 0 bridgehead atoms. The first-order chi connectivity index (χ1) is 5.74. The van der Waals surface area contributed by atoms with Crippen LogP contribution in [0.4, 0.5) is 0 Å². The molecule has 1 aliphatic carbocycles. The molecule has 0 aromatic carbocycles. The summed E-state index contributed by atoms with van der Waals surface area (Å²) in [5.41, 5.74) is 7.00. The van der Waals surface area contributed by atoms with Crippen molar-refractivity contribution in [2.45, 2.75) is 31.7 Å². The molecule has 68 valence electrons. The summed E-state index contributed by atoms with van der Waals surface area (Å²) in [4.78, 5) is 10.8. The summed E-state index contributed by atoms with van der Waals surface area (Å²) in [6, 6.07) is -0.125. The van der Waals surface area contributed by atoms with Crippen LogP contribution in [0.2, 0.25) is 0 Å². The minimum absolute atomic E-state index is 0.125. The van der Waals surface area contributed by atoms with E-state index in [2.05, 4.69) is 10.8 Å². The number of nitrogens with two attached hydrogens (primary N) is 1. The summed E-state index contributed by atoms with van der Waals surface area (Å²) < 4.78 is 4.53. The summed E-state index contributed by atoms with van der Waals surface area (Å²) >= 11 is 0. The monoisotopic (exact) mass is 169 g/mol. The first-order valence-corrected chi connectivity index (χ1v) is 4.25. The number of esters is 1. The number of carbonyl (C=O) groups is 1. The maximum absolute atomic E-state index is 10.8. The molecule has 1 rings (SSSR count). The van der Waals surface area contributed by atoms with Gasteiger partial charge in [-0.05, 0) is 19.3 Å². The second-order valence-corrected chi connectivity index (χ2v) is 3.06. The highest BCUT2D eigenvalue weighted by Gasteiger charge is 2.16. The summed E-state index contributed by atoms with van der Waals surface area (Å²) in [7, 11) is 1.39. The Morgan fingerprint density at radius 2 is 2.58 bits per heavy atom. The van der Waals surface area contributed by atoms with E-state index < -0.39 is 0 Å². The minimum atomic E-state index is -0.227. The van der Waals surface area contributed by atoms with Crippen molar-refractivity contribution in [3.63, 3.8) is 0 Å². The predicted molar refractivity (Wildman–Crippen MR) is 46.5 cm³/mol. The molecule has 0 radical (unpaired) electrons. The largest absolute Gasteiger partial charge is 0.469 e. The molecule has 0 aromatic rings. The lowest BCUT2D eigenvalue weighted by Gasteiger charge is -2.10. The van der Waals surface area contributed by atoms with Gasteiger partial charge in [0.25, 0.3) is 0 Å².